The van der Waals surface area contributed by atoms with Gasteiger partial charge < -0.3 is 4.74 Å². The quantitative estimate of drug-likeness (QED) is 0.744. The van der Waals surface area contributed by atoms with Gasteiger partial charge in [-0.05, 0) is 43.9 Å². The van der Waals surface area contributed by atoms with E-state index in [1.54, 1.807) is 23.5 Å². The van der Waals surface area contributed by atoms with Gasteiger partial charge in [-0.3, -0.25) is 4.79 Å². The predicted molar refractivity (Wildman–Crippen MR) is 104 cm³/mol. The Morgan fingerprint density at radius 1 is 1.25 bits per heavy atom. The van der Waals surface area contributed by atoms with E-state index in [4.69, 9.17) is 4.74 Å². The molecule has 1 aromatic heterocycles. The Morgan fingerprint density at radius 2 is 1.96 bits per heavy atom. The zero-order chi connectivity index (χ0) is 20.2. The van der Waals surface area contributed by atoms with E-state index in [9.17, 15) is 13.2 Å². The minimum Gasteiger partial charge on any atom is -0.474 e. The summed E-state index contributed by atoms with van der Waals surface area (Å²) in [5, 5.41) is 0. The van der Waals surface area contributed by atoms with Crippen LogP contribution in [0.25, 0.3) is 0 Å². The van der Waals surface area contributed by atoms with Gasteiger partial charge in [0, 0.05) is 37.2 Å². The largest absolute Gasteiger partial charge is 0.474 e. The number of fused-ring (bicyclic) bond motifs is 2. The summed E-state index contributed by atoms with van der Waals surface area (Å²) in [5.74, 6) is 1.61. The monoisotopic (exact) mass is 407 g/mol. The molecular formula is C20H29N3O4S. The summed E-state index contributed by atoms with van der Waals surface area (Å²) in [4.78, 5) is 21.0. The number of sulfonamides is 1. The van der Waals surface area contributed by atoms with Crippen LogP contribution in [-0.2, 0) is 14.8 Å². The Bertz CT molecular complexity index is 877. The molecule has 28 heavy (non-hydrogen) atoms. The number of aromatic nitrogens is 2. The fourth-order valence-electron chi connectivity index (χ4n) is 5.41. The van der Waals surface area contributed by atoms with Crippen LogP contribution in [0.15, 0.2) is 12.3 Å². The second kappa shape index (κ2) is 6.76. The molecule has 4 rings (SSSR count). The van der Waals surface area contributed by atoms with Gasteiger partial charge in [-0.1, -0.05) is 13.8 Å². The van der Waals surface area contributed by atoms with Crippen molar-refractivity contribution in [3.8, 4) is 5.88 Å². The van der Waals surface area contributed by atoms with Crippen molar-refractivity contribution in [1.82, 2.24) is 14.3 Å². The molecule has 154 valence electrons. The number of rotatable bonds is 5. The zero-order valence-corrected chi connectivity index (χ0v) is 17.7. The summed E-state index contributed by atoms with van der Waals surface area (Å²) in [7, 11) is -3.49. The molecule has 0 amide bonds. The summed E-state index contributed by atoms with van der Waals surface area (Å²) >= 11 is 0. The number of nitrogens with zero attached hydrogens (tertiary/aromatic N) is 3. The van der Waals surface area contributed by atoms with Crippen LogP contribution in [0.5, 0.6) is 5.88 Å². The fourth-order valence-corrected chi connectivity index (χ4v) is 7.66. The van der Waals surface area contributed by atoms with Gasteiger partial charge in [0.25, 0.3) is 0 Å². The second-order valence-corrected chi connectivity index (χ2v) is 11.1. The van der Waals surface area contributed by atoms with Crippen LogP contribution in [0, 0.1) is 23.7 Å². The summed E-state index contributed by atoms with van der Waals surface area (Å²) in [6, 6.07) is 1.72. The van der Waals surface area contributed by atoms with Crippen molar-refractivity contribution in [2.75, 3.05) is 18.8 Å². The normalized spacial score (nSPS) is 30.7. The molecule has 2 saturated carbocycles. The van der Waals surface area contributed by atoms with E-state index in [-0.39, 0.29) is 23.1 Å². The lowest BCUT2D eigenvalue weighted by molar-refractivity contribution is -0.128. The van der Waals surface area contributed by atoms with Gasteiger partial charge in [0.05, 0.1) is 5.75 Å². The summed E-state index contributed by atoms with van der Waals surface area (Å²) in [6.07, 6.45) is 5.05. The number of hydrogen-bond acceptors (Lipinski definition) is 6. The summed E-state index contributed by atoms with van der Waals surface area (Å²) in [5.41, 5.74) is -0.939. The third-order valence-corrected chi connectivity index (χ3v) is 9.41. The number of ketones is 1. The Morgan fingerprint density at radius 3 is 2.54 bits per heavy atom. The van der Waals surface area contributed by atoms with Crippen LogP contribution in [0.2, 0.25) is 0 Å². The van der Waals surface area contributed by atoms with Crippen molar-refractivity contribution in [3.05, 3.63) is 18.1 Å². The molecule has 8 heteroatoms. The third-order valence-electron chi connectivity index (χ3n) is 7.40. The van der Waals surface area contributed by atoms with E-state index in [0.29, 0.717) is 56.4 Å². The molecule has 0 radical (unpaired) electrons. The van der Waals surface area contributed by atoms with Gasteiger partial charge >= 0.3 is 0 Å². The lowest BCUT2D eigenvalue weighted by atomic mass is 9.70. The van der Waals surface area contributed by atoms with E-state index in [1.807, 2.05) is 0 Å². The first-order chi connectivity index (χ1) is 13.1. The molecule has 2 aliphatic carbocycles. The van der Waals surface area contributed by atoms with Crippen LogP contribution in [0.4, 0.5) is 0 Å². The molecule has 3 aliphatic rings. The topological polar surface area (TPSA) is 89.5 Å². The van der Waals surface area contributed by atoms with Crippen LogP contribution in [0.3, 0.4) is 0 Å². The van der Waals surface area contributed by atoms with Gasteiger partial charge in [0.1, 0.15) is 17.7 Å². The predicted octanol–water partition coefficient (Wildman–Crippen LogP) is 2.35. The standard InChI is InChI=1S/C20H29N3O4S/c1-14-21-9-5-18(22-14)27-16-6-10-23(11-7-16)28(25,26)13-20-8-4-15(12-17(20)24)19(20,2)3/h5,9,15-16H,4,6-8,10-13H2,1-3H3. The number of carbonyl (C=O) groups is 1. The van der Waals surface area contributed by atoms with E-state index in [0.717, 1.165) is 6.42 Å². The van der Waals surface area contributed by atoms with Crippen molar-refractivity contribution in [1.29, 1.82) is 0 Å². The highest BCUT2D eigenvalue weighted by Gasteiger charge is 2.65. The van der Waals surface area contributed by atoms with Gasteiger partial charge in [-0.2, -0.15) is 4.98 Å². The average molecular weight is 408 g/mol. The molecule has 0 N–H and O–H groups in total. The molecule has 1 saturated heterocycles. The number of piperidine rings is 1. The first-order valence-corrected chi connectivity index (χ1v) is 11.7. The van der Waals surface area contributed by atoms with Gasteiger partial charge in [0.15, 0.2) is 0 Å². The zero-order valence-electron chi connectivity index (χ0n) is 16.8. The number of Topliss-reactive ketones (excluding diaryl/α,β-unsaturated/α-hetero) is 1. The minimum absolute atomic E-state index is 0.0427. The Labute approximate surface area is 166 Å². The highest BCUT2D eigenvalue weighted by Crippen LogP contribution is 2.64. The van der Waals surface area contributed by atoms with Crippen molar-refractivity contribution < 1.29 is 17.9 Å². The molecule has 1 aromatic rings. The molecule has 2 heterocycles. The molecule has 0 spiro atoms. The fraction of sp³-hybridized carbons (Fsp3) is 0.750. The highest BCUT2D eigenvalue weighted by atomic mass is 32.2. The molecule has 2 atom stereocenters. The maximum Gasteiger partial charge on any atom is 0.216 e. The average Bonchev–Trinajstić information content (AvgIpc) is 2.96. The van der Waals surface area contributed by atoms with Crippen molar-refractivity contribution in [3.63, 3.8) is 0 Å². The number of hydrogen-bond donors (Lipinski definition) is 0. The maximum absolute atomic E-state index is 13.2. The molecule has 7 nitrogen and oxygen atoms in total. The number of aryl methyl sites for hydroxylation is 1. The Balaban J connectivity index is 1.41. The van der Waals surface area contributed by atoms with Crippen LogP contribution in [0.1, 0.15) is 51.8 Å². The summed E-state index contributed by atoms with van der Waals surface area (Å²) < 4.78 is 33.8. The Kier molecular flexibility index (Phi) is 4.77. The van der Waals surface area contributed by atoms with E-state index in [1.165, 1.54) is 0 Å². The Hall–Kier alpha value is -1.54. The molecule has 1 aliphatic heterocycles. The number of carbonyl (C=O) groups excluding carboxylic acids is 1. The van der Waals surface area contributed by atoms with Gasteiger partial charge in [-0.15, -0.1) is 0 Å². The van der Waals surface area contributed by atoms with Crippen LogP contribution >= 0.6 is 0 Å². The first-order valence-electron chi connectivity index (χ1n) is 10.1. The van der Waals surface area contributed by atoms with E-state index >= 15 is 0 Å². The molecule has 2 unspecified atom stereocenters. The lowest BCUT2D eigenvalue weighted by Crippen LogP contribution is -2.49. The smallest absolute Gasteiger partial charge is 0.216 e. The third kappa shape index (κ3) is 3.14. The van der Waals surface area contributed by atoms with Crippen molar-refractivity contribution in [2.24, 2.45) is 16.7 Å². The highest BCUT2D eigenvalue weighted by molar-refractivity contribution is 7.89. The molecule has 0 aromatic carbocycles. The SMILES string of the molecule is Cc1nccc(OC2CCN(S(=O)(=O)CC34CCC(CC3=O)C4(C)C)CC2)n1. The molecule has 3 fully saturated rings. The van der Waals surface area contributed by atoms with Gasteiger partial charge in [0.2, 0.25) is 15.9 Å². The number of ether oxygens (including phenoxy) is 1. The first kappa shape index (κ1) is 19.8. The van der Waals surface area contributed by atoms with Crippen molar-refractivity contribution >= 4 is 15.8 Å². The second-order valence-electron chi connectivity index (χ2n) is 9.08. The van der Waals surface area contributed by atoms with E-state index in [2.05, 4.69) is 23.8 Å². The molecule has 2 bridgehead atoms. The summed E-state index contributed by atoms with van der Waals surface area (Å²) in [6.45, 7) is 6.81. The van der Waals surface area contributed by atoms with Crippen LogP contribution < -0.4 is 4.74 Å². The van der Waals surface area contributed by atoms with Crippen LogP contribution in [-0.4, -0.2) is 53.4 Å². The minimum atomic E-state index is -3.49. The maximum atomic E-state index is 13.2. The van der Waals surface area contributed by atoms with E-state index < -0.39 is 15.4 Å². The van der Waals surface area contributed by atoms with Gasteiger partial charge in [-0.25, -0.2) is 17.7 Å². The van der Waals surface area contributed by atoms with Crippen molar-refractivity contribution in [2.45, 2.75) is 59.0 Å². The molecular weight excluding hydrogens is 378 g/mol. The lowest BCUT2D eigenvalue weighted by Gasteiger charge is -2.39.